The fourth-order valence-electron chi connectivity index (χ4n) is 2.14. The van der Waals surface area contributed by atoms with E-state index in [-0.39, 0.29) is 0 Å². The Hall–Kier alpha value is -0.0800. The normalized spacial score (nSPS) is 18.4. The lowest BCUT2D eigenvalue weighted by Gasteiger charge is -2.20. The summed E-state index contributed by atoms with van der Waals surface area (Å²) in [7, 11) is 0. The molecule has 0 aromatic rings. The van der Waals surface area contributed by atoms with Crippen molar-refractivity contribution in [2.45, 2.75) is 46.0 Å². The van der Waals surface area contributed by atoms with Crippen molar-refractivity contribution in [3.05, 3.63) is 0 Å². The second-order valence-electron chi connectivity index (χ2n) is 5.16. The molecule has 2 heteroatoms. The van der Waals surface area contributed by atoms with E-state index < -0.39 is 0 Å². The minimum Gasteiger partial charge on any atom is -0.330 e. The molecule has 1 aliphatic rings. The first kappa shape index (κ1) is 13.0. The molecule has 2 N–H and O–H groups in total. The Balaban J connectivity index is 2.00. The number of nitrogens with two attached hydrogens (primary N) is 1. The summed E-state index contributed by atoms with van der Waals surface area (Å²) in [5.74, 6) is 1.85. The first-order valence-electron chi connectivity index (χ1n) is 6.68. The molecule has 15 heavy (non-hydrogen) atoms. The maximum Gasteiger partial charge on any atom is 0.000954 e. The van der Waals surface area contributed by atoms with Crippen molar-refractivity contribution in [1.29, 1.82) is 0 Å². The van der Waals surface area contributed by atoms with Crippen LogP contribution in [0.25, 0.3) is 0 Å². The van der Waals surface area contributed by atoms with Crippen LogP contribution in [0.2, 0.25) is 0 Å². The van der Waals surface area contributed by atoms with Crippen molar-refractivity contribution in [2.75, 3.05) is 26.2 Å². The SMILES string of the molecule is CCN(CCCC(C)CCN)CC1CC1. The van der Waals surface area contributed by atoms with Gasteiger partial charge in [0.05, 0.1) is 0 Å². The molecule has 2 nitrogen and oxygen atoms in total. The van der Waals surface area contributed by atoms with Gasteiger partial charge in [-0.25, -0.2) is 0 Å². The molecule has 0 aromatic heterocycles. The minimum atomic E-state index is 0.814. The van der Waals surface area contributed by atoms with E-state index in [1.165, 1.54) is 51.7 Å². The van der Waals surface area contributed by atoms with E-state index in [1.807, 2.05) is 0 Å². The van der Waals surface area contributed by atoms with Gasteiger partial charge in [-0.2, -0.15) is 0 Å². The van der Waals surface area contributed by atoms with E-state index >= 15 is 0 Å². The molecular weight excluding hydrogens is 184 g/mol. The highest BCUT2D eigenvalue weighted by atomic mass is 15.1. The van der Waals surface area contributed by atoms with Gasteiger partial charge in [0.15, 0.2) is 0 Å². The molecule has 1 rings (SSSR count). The summed E-state index contributed by atoms with van der Waals surface area (Å²) in [4.78, 5) is 2.62. The van der Waals surface area contributed by atoms with Crippen LogP contribution in [0.3, 0.4) is 0 Å². The van der Waals surface area contributed by atoms with E-state index in [0.29, 0.717) is 0 Å². The first-order valence-corrected chi connectivity index (χ1v) is 6.68. The number of hydrogen-bond acceptors (Lipinski definition) is 2. The van der Waals surface area contributed by atoms with Crippen molar-refractivity contribution in [2.24, 2.45) is 17.6 Å². The molecule has 90 valence electrons. The molecule has 1 atom stereocenters. The largest absolute Gasteiger partial charge is 0.330 e. The predicted octanol–water partition coefficient (Wildman–Crippen LogP) is 2.48. The summed E-state index contributed by atoms with van der Waals surface area (Å²) in [6.07, 6.45) is 6.83. The molecule has 1 fully saturated rings. The van der Waals surface area contributed by atoms with Crippen molar-refractivity contribution in [3.63, 3.8) is 0 Å². The van der Waals surface area contributed by atoms with Gasteiger partial charge in [0.25, 0.3) is 0 Å². The predicted molar refractivity (Wildman–Crippen MR) is 66.9 cm³/mol. The van der Waals surface area contributed by atoms with Gasteiger partial charge < -0.3 is 10.6 Å². The monoisotopic (exact) mass is 212 g/mol. The third kappa shape index (κ3) is 6.16. The van der Waals surface area contributed by atoms with E-state index in [0.717, 1.165) is 18.4 Å². The molecule has 1 unspecified atom stereocenters. The Morgan fingerprint density at radius 1 is 1.33 bits per heavy atom. The molecule has 0 saturated heterocycles. The van der Waals surface area contributed by atoms with E-state index in [2.05, 4.69) is 18.7 Å². The lowest BCUT2D eigenvalue weighted by molar-refractivity contribution is 0.263. The average Bonchev–Trinajstić information content (AvgIpc) is 3.00. The third-order valence-corrected chi connectivity index (χ3v) is 3.49. The quantitative estimate of drug-likeness (QED) is 0.636. The maximum atomic E-state index is 5.55. The molecule has 1 saturated carbocycles. The summed E-state index contributed by atoms with van der Waals surface area (Å²) in [6.45, 7) is 9.32. The van der Waals surface area contributed by atoms with Crippen LogP contribution in [0, 0.1) is 11.8 Å². The summed E-state index contributed by atoms with van der Waals surface area (Å²) in [5, 5.41) is 0. The van der Waals surface area contributed by atoms with Crippen LogP contribution in [0.1, 0.15) is 46.0 Å². The highest BCUT2D eigenvalue weighted by molar-refractivity contribution is 4.76. The summed E-state index contributed by atoms with van der Waals surface area (Å²) in [5.41, 5.74) is 5.55. The molecule has 0 bridgehead atoms. The highest BCUT2D eigenvalue weighted by Crippen LogP contribution is 2.29. The Morgan fingerprint density at radius 3 is 2.60 bits per heavy atom. The molecule has 0 radical (unpaired) electrons. The van der Waals surface area contributed by atoms with Crippen LogP contribution in [0.15, 0.2) is 0 Å². The second-order valence-corrected chi connectivity index (χ2v) is 5.16. The van der Waals surface area contributed by atoms with Crippen molar-refractivity contribution in [3.8, 4) is 0 Å². The molecule has 0 heterocycles. The number of rotatable bonds is 9. The minimum absolute atomic E-state index is 0.814. The van der Waals surface area contributed by atoms with Gasteiger partial charge in [0.1, 0.15) is 0 Å². The Kier molecular flexibility index (Phi) is 6.26. The van der Waals surface area contributed by atoms with Gasteiger partial charge in [-0.1, -0.05) is 13.8 Å². The molecule has 1 aliphatic carbocycles. The van der Waals surface area contributed by atoms with Crippen molar-refractivity contribution >= 4 is 0 Å². The molecule has 0 aromatic carbocycles. The van der Waals surface area contributed by atoms with Gasteiger partial charge in [0.2, 0.25) is 0 Å². The van der Waals surface area contributed by atoms with E-state index in [9.17, 15) is 0 Å². The van der Waals surface area contributed by atoms with E-state index in [4.69, 9.17) is 5.73 Å². The Bertz CT molecular complexity index is 155. The van der Waals surface area contributed by atoms with E-state index in [1.54, 1.807) is 0 Å². The zero-order valence-corrected chi connectivity index (χ0v) is 10.5. The summed E-state index contributed by atoms with van der Waals surface area (Å²) < 4.78 is 0. The van der Waals surface area contributed by atoms with Crippen molar-refractivity contribution < 1.29 is 0 Å². The average molecular weight is 212 g/mol. The number of hydrogen-bond donors (Lipinski definition) is 1. The molecule has 0 aliphatic heterocycles. The standard InChI is InChI=1S/C13H28N2/c1-3-15(11-13-6-7-13)10-4-5-12(2)8-9-14/h12-13H,3-11,14H2,1-2H3. The zero-order chi connectivity index (χ0) is 11.1. The molecular formula is C13H28N2. The smallest absolute Gasteiger partial charge is 0.000954 e. The topological polar surface area (TPSA) is 29.3 Å². The Morgan fingerprint density at radius 2 is 2.07 bits per heavy atom. The maximum absolute atomic E-state index is 5.55. The van der Waals surface area contributed by atoms with Gasteiger partial charge in [-0.15, -0.1) is 0 Å². The van der Waals surface area contributed by atoms with Crippen LogP contribution in [0.5, 0.6) is 0 Å². The van der Waals surface area contributed by atoms with Gasteiger partial charge in [-0.3, -0.25) is 0 Å². The lowest BCUT2D eigenvalue weighted by atomic mass is 10.0. The van der Waals surface area contributed by atoms with Gasteiger partial charge in [-0.05, 0) is 63.6 Å². The van der Waals surface area contributed by atoms with Crippen LogP contribution >= 0.6 is 0 Å². The first-order chi connectivity index (χ1) is 7.26. The van der Waals surface area contributed by atoms with Gasteiger partial charge >= 0.3 is 0 Å². The summed E-state index contributed by atoms with van der Waals surface area (Å²) in [6, 6.07) is 0. The Labute approximate surface area is 95.2 Å². The lowest BCUT2D eigenvalue weighted by Crippen LogP contribution is -2.27. The van der Waals surface area contributed by atoms with Crippen LogP contribution in [-0.2, 0) is 0 Å². The fourth-order valence-corrected chi connectivity index (χ4v) is 2.14. The number of nitrogens with zero attached hydrogens (tertiary/aromatic N) is 1. The van der Waals surface area contributed by atoms with Crippen LogP contribution < -0.4 is 5.73 Å². The second kappa shape index (κ2) is 7.24. The zero-order valence-electron chi connectivity index (χ0n) is 10.5. The van der Waals surface area contributed by atoms with Gasteiger partial charge in [0, 0.05) is 6.54 Å². The van der Waals surface area contributed by atoms with Crippen molar-refractivity contribution in [1.82, 2.24) is 4.90 Å². The van der Waals surface area contributed by atoms with Crippen LogP contribution in [0.4, 0.5) is 0 Å². The molecule has 0 spiro atoms. The highest BCUT2D eigenvalue weighted by Gasteiger charge is 2.23. The fraction of sp³-hybridized carbons (Fsp3) is 1.00. The third-order valence-electron chi connectivity index (χ3n) is 3.49. The molecule has 0 amide bonds. The summed E-state index contributed by atoms with van der Waals surface area (Å²) >= 11 is 0. The van der Waals surface area contributed by atoms with Crippen LogP contribution in [-0.4, -0.2) is 31.1 Å².